The molecule has 0 unspecified atom stereocenters. The second-order valence-electron chi connectivity index (χ2n) is 4.27. The van der Waals surface area contributed by atoms with Crippen LogP contribution in [0.4, 0.5) is 5.69 Å². The van der Waals surface area contributed by atoms with E-state index in [0.29, 0.717) is 24.7 Å². The molecule has 20 heavy (non-hydrogen) atoms. The molecule has 0 amide bonds. The largest absolute Gasteiger partial charge is 0.495 e. The van der Waals surface area contributed by atoms with Crippen LogP contribution in [0.3, 0.4) is 0 Å². The van der Waals surface area contributed by atoms with E-state index in [-0.39, 0.29) is 0 Å². The fourth-order valence-electron chi connectivity index (χ4n) is 1.84. The Morgan fingerprint density at radius 1 is 0.950 bits per heavy atom. The smallest absolute Gasteiger partial charge is 0.141 e. The molecule has 0 atom stereocenters. The average Bonchev–Trinajstić information content (AvgIpc) is 2.47. The molecule has 0 aliphatic rings. The Balaban J connectivity index is 1.96. The van der Waals surface area contributed by atoms with Gasteiger partial charge >= 0.3 is 0 Å². The molecule has 2 aromatic carbocycles. The maximum atomic E-state index is 5.86. The second-order valence-corrected chi connectivity index (χ2v) is 4.27. The van der Waals surface area contributed by atoms with Crippen molar-refractivity contribution in [3.05, 3.63) is 48.0 Å². The van der Waals surface area contributed by atoms with E-state index in [1.807, 2.05) is 49.4 Å². The first-order valence-corrected chi connectivity index (χ1v) is 6.51. The molecular weight excluding hydrogens is 254 g/mol. The molecule has 0 bridgehead atoms. The van der Waals surface area contributed by atoms with E-state index >= 15 is 0 Å². The van der Waals surface area contributed by atoms with Crippen molar-refractivity contribution in [2.75, 3.05) is 19.5 Å². The maximum absolute atomic E-state index is 5.86. The molecule has 0 saturated carbocycles. The Morgan fingerprint density at radius 2 is 1.60 bits per heavy atom. The van der Waals surface area contributed by atoms with E-state index in [0.717, 1.165) is 17.1 Å². The van der Waals surface area contributed by atoms with Gasteiger partial charge in [-0.1, -0.05) is 6.07 Å². The zero-order valence-electron chi connectivity index (χ0n) is 11.8. The summed E-state index contributed by atoms with van der Waals surface area (Å²) in [7, 11) is 1.60. The van der Waals surface area contributed by atoms with E-state index in [1.165, 1.54) is 0 Å². The second kappa shape index (κ2) is 6.70. The van der Waals surface area contributed by atoms with Crippen LogP contribution < -0.4 is 19.9 Å². The van der Waals surface area contributed by atoms with Crippen molar-refractivity contribution in [2.24, 2.45) is 0 Å². The van der Waals surface area contributed by atoms with Gasteiger partial charge < -0.3 is 19.9 Å². The van der Waals surface area contributed by atoms with Crippen LogP contribution >= 0.6 is 0 Å². The summed E-state index contributed by atoms with van der Waals surface area (Å²) in [6.07, 6.45) is 0. The Hall–Kier alpha value is -2.36. The Bertz CT molecular complexity index is 552. The monoisotopic (exact) mass is 273 g/mol. The van der Waals surface area contributed by atoms with Gasteiger partial charge in [-0.2, -0.15) is 0 Å². The van der Waals surface area contributed by atoms with Crippen LogP contribution in [-0.2, 0) is 6.61 Å². The minimum Gasteiger partial charge on any atom is -0.495 e. The first-order valence-electron chi connectivity index (χ1n) is 6.51. The molecule has 0 fully saturated rings. The maximum Gasteiger partial charge on any atom is 0.141 e. The van der Waals surface area contributed by atoms with E-state index in [4.69, 9.17) is 19.9 Å². The van der Waals surface area contributed by atoms with Crippen molar-refractivity contribution in [2.45, 2.75) is 13.5 Å². The molecule has 4 heteroatoms. The number of rotatable bonds is 6. The van der Waals surface area contributed by atoms with Crippen LogP contribution in [0, 0.1) is 0 Å². The van der Waals surface area contributed by atoms with Crippen molar-refractivity contribution in [3.8, 4) is 17.2 Å². The Kier molecular flexibility index (Phi) is 4.71. The molecule has 2 rings (SSSR count). The van der Waals surface area contributed by atoms with Crippen molar-refractivity contribution < 1.29 is 14.2 Å². The van der Waals surface area contributed by atoms with Crippen molar-refractivity contribution >= 4 is 5.69 Å². The molecule has 2 aromatic rings. The predicted molar refractivity (Wildman–Crippen MR) is 79.3 cm³/mol. The topological polar surface area (TPSA) is 53.7 Å². The van der Waals surface area contributed by atoms with E-state index < -0.39 is 0 Å². The zero-order chi connectivity index (χ0) is 14.4. The summed E-state index contributed by atoms with van der Waals surface area (Å²) in [6, 6.07) is 13.2. The molecule has 0 aliphatic carbocycles. The van der Waals surface area contributed by atoms with E-state index in [9.17, 15) is 0 Å². The number of hydrogen-bond donors (Lipinski definition) is 1. The van der Waals surface area contributed by atoms with E-state index in [2.05, 4.69) is 0 Å². The third-order valence-corrected chi connectivity index (χ3v) is 2.83. The number of hydrogen-bond acceptors (Lipinski definition) is 4. The lowest BCUT2D eigenvalue weighted by Gasteiger charge is -2.10. The fourth-order valence-corrected chi connectivity index (χ4v) is 1.84. The molecule has 2 N–H and O–H groups in total. The summed E-state index contributed by atoms with van der Waals surface area (Å²) >= 11 is 0. The van der Waals surface area contributed by atoms with Gasteiger partial charge in [-0.3, -0.25) is 0 Å². The molecule has 0 aliphatic heterocycles. The van der Waals surface area contributed by atoms with Crippen molar-refractivity contribution in [1.82, 2.24) is 0 Å². The molecule has 106 valence electrons. The summed E-state index contributed by atoms with van der Waals surface area (Å²) < 4.78 is 16.2. The van der Waals surface area contributed by atoms with Crippen molar-refractivity contribution in [3.63, 3.8) is 0 Å². The van der Waals surface area contributed by atoms with Crippen LogP contribution in [0.5, 0.6) is 17.2 Å². The van der Waals surface area contributed by atoms with Crippen LogP contribution in [0.2, 0.25) is 0 Å². The van der Waals surface area contributed by atoms with Crippen molar-refractivity contribution in [1.29, 1.82) is 0 Å². The third-order valence-electron chi connectivity index (χ3n) is 2.83. The zero-order valence-corrected chi connectivity index (χ0v) is 11.8. The molecule has 4 nitrogen and oxygen atoms in total. The Morgan fingerprint density at radius 3 is 2.15 bits per heavy atom. The average molecular weight is 273 g/mol. The molecule has 0 aromatic heterocycles. The van der Waals surface area contributed by atoms with Gasteiger partial charge in [0.1, 0.15) is 23.9 Å². The Labute approximate surface area is 119 Å². The summed E-state index contributed by atoms with van der Waals surface area (Å²) in [6.45, 7) is 3.08. The molecule has 0 radical (unpaired) electrons. The van der Waals surface area contributed by atoms with Crippen LogP contribution in [0.1, 0.15) is 12.5 Å². The van der Waals surface area contributed by atoms with E-state index in [1.54, 1.807) is 7.11 Å². The standard InChI is InChI=1S/C16H19NO3/c1-3-19-13-5-7-14(8-6-13)20-11-12-4-9-16(18-2)15(17)10-12/h4-10H,3,11,17H2,1-2H3. The minimum absolute atomic E-state index is 0.460. The lowest BCUT2D eigenvalue weighted by molar-refractivity contribution is 0.304. The van der Waals surface area contributed by atoms with Crippen LogP contribution in [-0.4, -0.2) is 13.7 Å². The van der Waals surface area contributed by atoms with Gasteiger partial charge in [0.15, 0.2) is 0 Å². The lowest BCUT2D eigenvalue weighted by Crippen LogP contribution is -1.98. The SMILES string of the molecule is CCOc1ccc(OCc2ccc(OC)c(N)c2)cc1. The molecule has 0 heterocycles. The number of benzene rings is 2. The third kappa shape index (κ3) is 3.57. The fraction of sp³-hybridized carbons (Fsp3) is 0.250. The summed E-state index contributed by atoms with van der Waals surface area (Å²) in [4.78, 5) is 0. The van der Waals surface area contributed by atoms with Crippen LogP contribution in [0.15, 0.2) is 42.5 Å². The van der Waals surface area contributed by atoms with Gasteiger partial charge in [0.2, 0.25) is 0 Å². The first kappa shape index (κ1) is 14.1. The summed E-state index contributed by atoms with van der Waals surface area (Å²) in [5, 5.41) is 0. The normalized spacial score (nSPS) is 10.1. The van der Waals surface area contributed by atoms with Gasteiger partial charge in [-0.25, -0.2) is 0 Å². The van der Waals surface area contributed by atoms with Gasteiger partial charge in [0.25, 0.3) is 0 Å². The predicted octanol–water partition coefficient (Wildman–Crippen LogP) is 3.26. The quantitative estimate of drug-likeness (QED) is 0.821. The number of methoxy groups -OCH3 is 1. The van der Waals surface area contributed by atoms with Gasteiger partial charge in [-0.15, -0.1) is 0 Å². The highest BCUT2D eigenvalue weighted by molar-refractivity contribution is 5.54. The number of nitrogen functional groups attached to an aromatic ring is 1. The lowest BCUT2D eigenvalue weighted by atomic mass is 10.2. The van der Waals surface area contributed by atoms with Gasteiger partial charge in [0, 0.05) is 0 Å². The van der Waals surface area contributed by atoms with Crippen LogP contribution in [0.25, 0.3) is 0 Å². The molecule has 0 spiro atoms. The minimum atomic E-state index is 0.460. The number of anilines is 1. The molecular formula is C16H19NO3. The summed E-state index contributed by atoms with van der Waals surface area (Å²) in [5.74, 6) is 2.31. The highest BCUT2D eigenvalue weighted by Crippen LogP contribution is 2.23. The number of nitrogens with two attached hydrogens (primary N) is 1. The van der Waals surface area contributed by atoms with Gasteiger partial charge in [0.05, 0.1) is 19.4 Å². The highest BCUT2D eigenvalue weighted by atomic mass is 16.5. The molecule has 0 saturated heterocycles. The number of ether oxygens (including phenoxy) is 3. The highest BCUT2D eigenvalue weighted by Gasteiger charge is 2.02. The van der Waals surface area contributed by atoms with Gasteiger partial charge in [-0.05, 0) is 48.9 Å². The first-order chi connectivity index (χ1) is 9.72. The summed E-state index contributed by atoms with van der Waals surface area (Å²) in [5.41, 5.74) is 7.47.